The van der Waals surface area contributed by atoms with Gasteiger partial charge in [0.25, 0.3) is 0 Å². The van der Waals surface area contributed by atoms with E-state index in [2.05, 4.69) is 24.3 Å². The van der Waals surface area contributed by atoms with E-state index in [0.717, 1.165) is 41.8 Å². The Bertz CT molecular complexity index is 946. The molecule has 1 fully saturated rings. The maximum Gasteiger partial charge on any atom is 0.325 e. The molecule has 162 valence electrons. The highest BCUT2D eigenvalue weighted by molar-refractivity contribution is 8.03. The monoisotopic (exact) mass is 436 g/mol. The van der Waals surface area contributed by atoms with Crippen LogP contribution in [0.3, 0.4) is 0 Å². The number of allylic oxidation sites excluding steroid dienone is 1. The summed E-state index contributed by atoms with van der Waals surface area (Å²) >= 11 is 1.86. The number of fused-ring (bicyclic) bond motifs is 1. The lowest BCUT2D eigenvalue weighted by Crippen LogP contribution is -2.35. The Morgan fingerprint density at radius 3 is 2.29 bits per heavy atom. The first-order valence-electron chi connectivity index (χ1n) is 10.8. The number of unbranched alkanes of at least 4 members (excludes halogenated alkanes) is 1. The molecule has 2 aliphatic heterocycles. The average molecular weight is 437 g/mol. The lowest BCUT2D eigenvalue weighted by molar-refractivity contribution is -0.140. The second kappa shape index (κ2) is 10.1. The number of urea groups is 1. The van der Waals surface area contributed by atoms with Crippen LogP contribution in [-0.4, -0.2) is 40.7 Å². The van der Waals surface area contributed by atoms with Crippen molar-refractivity contribution in [1.82, 2.24) is 9.80 Å². The normalized spacial score (nSPS) is 18.0. The molecule has 2 aromatic rings. The fraction of sp³-hybridized carbons (Fsp3) is 0.360. The van der Waals surface area contributed by atoms with Crippen LogP contribution in [0.5, 0.6) is 0 Å². The third-order valence-corrected chi connectivity index (χ3v) is 7.05. The molecule has 0 saturated carbocycles. The zero-order chi connectivity index (χ0) is 21.6. The number of methoxy groups -OCH3 is 1. The molecule has 1 atom stereocenters. The Kier molecular flexibility index (Phi) is 6.97. The largest absolute Gasteiger partial charge is 0.469 e. The molecule has 2 aliphatic rings. The quantitative estimate of drug-likeness (QED) is 0.401. The van der Waals surface area contributed by atoms with Crippen molar-refractivity contribution in [2.75, 3.05) is 12.9 Å². The first-order valence-corrected chi connectivity index (χ1v) is 11.7. The number of nitrogens with zero attached hydrogens (tertiary/aromatic N) is 2. The van der Waals surface area contributed by atoms with Crippen molar-refractivity contribution in [3.63, 3.8) is 0 Å². The third-order valence-electron chi connectivity index (χ3n) is 5.80. The summed E-state index contributed by atoms with van der Waals surface area (Å²) in [4.78, 5) is 30.2. The van der Waals surface area contributed by atoms with E-state index < -0.39 is 0 Å². The summed E-state index contributed by atoms with van der Waals surface area (Å²) in [6.45, 7) is 1.21. The Morgan fingerprint density at radius 1 is 1.00 bits per heavy atom. The van der Waals surface area contributed by atoms with Gasteiger partial charge in [-0.15, -0.1) is 11.8 Å². The number of ether oxygens (including phenoxy) is 1. The fourth-order valence-electron chi connectivity index (χ4n) is 4.21. The molecule has 0 radical (unpaired) electrons. The number of hydrogen-bond donors (Lipinski definition) is 0. The molecular formula is C25H28N2O3S. The van der Waals surface area contributed by atoms with Gasteiger partial charge in [-0.1, -0.05) is 60.7 Å². The van der Waals surface area contributed by atoms with Gasteiger partial charge in [-0.05, 0) is 30.4 Å². The summed E-state index contributed by atoms with van der Waals surface area (Å²) in [5.74, 6) is 0.733. The van der Waals surface area contributed by atoms with Gasteiger partial charge in [0.05, 0.1) is 25.4 Å². The van der Waals surface area contributed by atoms with Crippen LogP contribution in [0.2, 0.25) is 0 Å². The van der Waals surface area contributed by atoms with Crippen LogP contribution in [-0.2, 0) is 22.6 Å². The van der Waals surface area contributed by atoms with Crippen molar-refractivity contribution < 1.29 is 14.3 Å². The number of hydrogen-bond acceptors (Lipinski definition) is 4. The molecule has 2 amide bonds. The molecule has 0 N–H and O–H groups in total. The molecule has 6 heteroatoms. The zero-order valence-electron chi connectivity index (χ0n) is 17.8. The maximum atomic E-state index is 13.5. The summed E-state index contributed by atoms with van der Waals surface area (Å²) < 4.78 is 4.74. The number of rotatable bonds is 9. The van der Waals surface area contributed by atoms with Gasteiger partial charge in [-0.2, -0.15) is 0 Å². The number of benzene rings is 2. The first-order chi connectivity index (χ1) is 15.2. The van der Waals surface area contributed by atoms with E-state index in [1.54, 1.807) is 0 Å². The summed E-state index contributed by atoms with van der Waals surface area (Å²) in [5.41, 5.74) is 3.44. The van der Waals surface area contributed by atoms with Gasteiger partial charge in [-0.3, -0.25) is 9.69 Å². The first kappa shape index (κ1) is 21.5. The molecule has 4 rings (SSSR count). The maximum absolute atomic E-state index is 13.5. The predicted octanol–water partition coefficient (Wildman–Crippen LogP) is 5.18. The van der Waals surface area contributed by atoms with Gasteiger partial charge < -0.3 is 9.64 Å². The minimum absolute atomic E-state index is 0.0834. The number of thioether (sulfide) groups is 1. The van der Waals surface area contributed by atoms with Crippen molar-refractivity contribution in [3.8, 4) is 0 Å². The average Bonchev–Trinajstić information content (AvgIpc) is 3.32. The summed E-state index contributed by atoms with van der Waals surface area (Å²) in [7, 11) is 1.43. The highest BCUT2D eigenvalue weighted by Crippen LogP contribution is 2.44. The van der Waals surface area contributed by atoms with E-state index in [4.69, 9.17) is 4.74 Å². The molecule has 1 saturated heterocycles. The molecule has 5 nitrogen and oxygen atoms in total. The molecule has 0 aliphatic carbocycles. The Morgan fingerprint density at radius 2 is 1.65 bits per heavy atom. The predicted molar refractivity (Wildman–Crippen MR) is 123 cm³/mol. The summed E-state index contributed by atoms with van der Waals surface area (Å²) in [5, 5.41) is 0. The van der Waals surface area contributed by atoms with Crippen molar-refractivity contribution in [2.45, 2.75) is 44.8 Å². The van der Waals surface area contributed by atoms with Crippen molar-refractivity contribution in [2.24, 2.45) is 0 Å². The van der Waals surface area contributed by atoms with Crippen LogP contribution in [0.4, 0.5) is 4.79 Å². The van der Waals surface area contributed by atoms with Gasteiger partial charge in [0.1, 0.15) is 0 Å². The topological polar surface area (TPSA) is 49.9 Å². The molecule has 0 unspecified atom stereocenters. The van der Waals surface area contributed by atoms with E-state index in [0.29, 0.717) is 19.5 Å². The molecule has 31 heavy (non-hydrogen) atoms. The van der Waals surface area contributed by atoms with E-state index in [9.17, 15) is 9.59 Å². The van der Waals surface area contributed by atoms with Crippen LogP contribution in [0.25, 0.3) is 0 Å². The fourth-order valence-corrected chi connectivity index (χ4v) is 5.59. The number of amides is 2. The molecular weight excluding hydrogens is 408 g/mol. The second-order valence-electron chi connectivity index (χ2n) is 7.89. The van der Waals surface area contributed by atoms with Gasteiger partial charge in [0.15, 0.2) is 0 Å². The van der Waals surface area contributed by atoms with Crippen LogP contribution in [0.15, 0.2) is 71.3 Å². The van der Waals surface area contributed by atoms with Crippen molar-refractivity contribution in [1.29, 1.82) is 0 Å². The van der Waals surface area contributed by atoms with Gasteiger partial charge in [0.2, 0.25) is 0 Å². The summed E-state index contributed by atoms with van der Waals surface area (Å²) in [6, 6.07) is 20.5. The molecule has 0 aromatic heterocycles. The second-order valence-corrected chi connectivity index (χ2v) is 9.00. The van der Waals surface area contributed by atoms with Crippen molar-refractivity contribution in [3.05, 3.63) is 82.4 Å². The lowest BCUT2D eigenvalue weighted by atomic mass is 10.1. The van der Waals surface area contributed by atoms with E-state index in [-0.39, 0.29) is 18.0 Å². The highest BCUT2D eigenvalue weighted by atomic mass is 32.2. The summed E-state index contributed by atoms with van der Waals surface area (Å²) in [6.07, 6.45) is 3.06. The highest BCUT2D eigenvalue weighted by Gasteiger charge is 2.46. The number of carbonyl (C=O) groups is 2. The zero-order valence-corrected chi connectivity index (χ0v) is 18.6. The lowest BCUT2D eigenvalue weighted by Gasteiger charge is -2.22. The van der Waals surface area contributed by atoms with Crippen LogP contribution in [0, 0.1) is 0 Å². The van der Waals surface area contributed by atoms with Gasteiger partial charge >= 0.3 is 12.0 Å². The number of carbonyl (C=O) groups excluding carboxylic acids is 2. The Hall–Kier alpha value is -2.73. The molecule has 0 bridgehead atoms. The Balaban J connectivity index is 1.55. The van der Waals surface area contributed by atoms with Crippen LogP contribution >= 0.6 is 11.8 Å². The molecule has 0 spiro atoms. The van der Waals surface area contributed by atoms with Gasteiger partial charge in [0, 0.05) is 23.6 Å². The van der Waals surface area contributed by atoms with Gasteiger partial charge in [-0.25, -0.2) is 4.79 Å². The SMILES string of the molecule is COC(=O)CCCCC1=C2[C@H](CS1)N(Cc1ccccc1)C(=O)N2Cc1ccccc1. The van der Waals surface area contributed by atoms with E-state index in [1.165, 1.54) is 12.0 Å². The van der Waals surface area contributed by atoms with E-state index >= 15 is 0 Å². The minimum atomic E-state index is -0.162. The Labute approximate surface area is 188 Å². The standard InChI is InChI=1S/C25H28N2O3S/c1-30-23(28)15-9-8-14-22-24-21(18-31-22)26(16-19-10-4-2-5-11-19)25(29)27(24)17-20-12-6-3-7-13-20/h2-7,10-13,21H,8-9,14-18H2,1H3/t21-/m0/s1. The third kappa shape index (κ3) is 4.96. The number of esters is 1. The van der Waals surface area contributed by atoms with Crippen LogP contribution in [0.1, 0.15) is 36.8 Å². The minimum Gasteiger partial charge on any atom is -0.469 e. The smallest absolute Gasteiger partial charge is 0.325 e. The molecule has 2 heterocycles. The van der Waals surface area contributed by atoms with Crippen molar-refractivity contribution >= 4 is 23.8 Å². The van der Waals surface area contributed by atoms with Crippen LogP contribution < -0.4 is 0 Å². The van der Waals surface area contributed by atoms with E-state index in [1.807, 2.05) is 58.0 Å². The molecule has 2 aromatic carbocycles.